The lowest BCUT2D eigenvalue weighted by atomic mass is 10.1. The van der Waals surface area contributed by atoms with E-state index in [-0.39, 0.29) is 12.2 Å². The highest BCUT2D eigenvalue weighted by molar-refractivity contribution is 9.10. The van der Waals surface area contributed by atoms with E-state index in [0.29, 0.717) is 10.2 Å². The molecule has 0 atom stereocenters. The van der Waals surface area contributed by atoms with Gasteiger partial charge in [0.25, 0.3) is 11.8 Å². The number of hydrazine groups is 1. The number of aryl methyl sites for hydroxylation is 2. The van der Waals surface area contributed by atoms with Crippen LogP contribution in [0, 0.1) is 19.7 Å². The maximum atomic E-state index is 13.0. The van der Waals surface area contributed by atoms with Crippen LogP contribution in [0.1, 0.15) is 21.5 Å². The average molecular weight is 395 g/mol. The van der Waals surface area contributed by atoms with Crippen molar-refractivity contribution in [2.45, 2.75) is 13.8 Å². The molecule has 2 aromatic rings. The lowest BCUT2D eigenvalue weighted by Gasteiger charge is -2.10. The Morgan fingerprint density at radius 2 is 1.83 bits per heavy atom. The van der Waals surface area contributed by atoms with Crippen LogP contribution in [-0.2, 0) is 4.79 Å². The zero-order valence-electron chi connectivity index (χ0n) is 13.2. The Balaban J connectivity index is 1.84. The Hall–Kier alpha value is -2.41. The quantitative estimate of drug-likeness (QED) is 0.783. The van der Waals surface area contributed by atoms with Gasteiger partial charge in [-0.2, -0.15) is 0 Å². The molecule has 0 spiro atoms. The second-order valence-electron chi connectivity index (χ2n) is 5.16. The van der Waals surface area contributed by atoms with Crippen LogP contribution in [0.15, 0.2) is 40.9 Å². The Morgan fingerprint density at radius 3 is 2.50 bits per heavy atom. The average Bonchev–Trinajstić information content (AvgIpc) is 2.53. The zero-order chi connectivity index (χ0) is 17.7. The molecule has 0 aliphatic heterocycles. The fourth-order valence-corrected chi connectivity index (χ4v) is 2.39. The van der Waals surface area contributed by atoms with Crippen LogP contribution in [0.4, 0.5) is 4.39 Å². The topological polar surface area (TPSA) is 67.4 Å². The molecule has 2 rings (SSSR count). The highest BCUT2D eigenvalue weighted by Crippen LogP contribution is 2.18. The van der Waals surface area contributed by atoms with Gasteiger partial charge in [-0.05, 0) is 71.2 Å². The Kier molecular flexibility index (Phi) is 5.92. The van der Waals surface area contributed by atoms with Crippen LogP contribution >= 0.6 is 15.9 Å². The number of benzene rings is 2. The summed E-state index contributed by atoms with van der Waals surface area (Å²) < 4.78 is 18.6. The summed E-state index contributed by atoms with van der Waals surface area (Å²) in [5, 5.41) is 0. The largest absolute Gasteiger partial charge is 0.484 e. The predicted molar refractivity (Wildman–Crippen MR) is 91.1 cm³/mol. The predicted octanol–water partition coefficient (Wildman–Crippen LogP) is 3.05. The molecule has 24 heavy (non-hydrogen) atoms. The van der Waals surface area contributed by atoms with Crippen molar-refractivity contribution in [3.63, 3.8) is 0 Å². The van der Waals surface area contributed by atoms with Gasteiger partial charge in [-0.15, -0.1) is 0 Å². The minimum atomic E-state index is -0.568. The van der Waals surface area contributed by atoms with Gasteiger partial charge in [0.15, 0.2) is 6.61 Å². The van der Waals surface area contributed by atoms with Crippen molar-refractivity contribution in [2.75, 3.05) is 6.61 Å². The van der Waals surface area contributed by atoms with Gasteiger partial charge in [-0.25, -0.2) is 4.39 Å². The van der Waals surface area contributed by atoms with E-state index in [1.54, 1.807) is 6.07 Å². The summed E-state index contributed by atoms with van der Waals surface area (Å²) in [6.07, 6.45) is 0. The third-order valence-electron chi connectivity index (χ3n) is 3.34. The van der Waals surface area contributed by atoms with Gasteiger partial charge in [-0.3, -0.25) is 20.4 Å². The molecule has 0 radical (unpaired) electrons. The Labute approximate surface area is 147 Å². The van der Waals surface area contributed by atoms with Gasteiger partial charge in [0.05, 0.1) is 5.56 Å². The van der Waals surface area contributed by atoms with Crippen molar-refractivity contribution in [1.82, 2.24) is 10.9 Å². The summed E-state index contributed by atoms with van der Waals surface area (Å²) in [6, 6.07) is 9.13. The zero-order valence-corrected chi connectivity index (χ0v) is 14.7. The number of hydrogen-bond donors (Lipinski definition) is 2. The SMILES string of the molecule is Cc1ccc(OCC(=O)NNC(=O)c2ccc(F)cc2Br)cc1C. The number of amides is 2. The summed E-state index contributed by atoms with van der Waals surface area (Å²) in [5.41, 5.74) is 6.87. The number of carbonyl (C=O) groups excluding carboxylic acids is 2. The molecule has 2 N–H and O–H groups in total. The fraction of sp³-hybridized carbons (Fsp3) is 0.176. The van der Waals surface area contributed by atoms with Crippen molar-refractivity contribution >= 4 is 27.7 Å². The molecule has 0 bridgehead atoms. The maximum Gasteiger partial charge on any atom is 0.276 e. The molecule has 7 heteroatoms. The summed E-state index contributed by atoms with van der Waals surface area (Å²) >= 11 is 3.09. The molecule has 0 aliphatic carbocycles. The highest BCUT2D eigenvalue weighted by Gasteiger charge is 2.12. The van der Waals surface area contributed by atoms with E-state index in [0.717, 1.165) is 17.2 Å². The molecule has 0 saturated heterocycles. The lowest BCUT2D eigenvalue weighted by molar-refractivity contribution is -0.123. The first-order chi connectivity index (χ1) is 11.4. The van der Waals surface area contributed by atoms with Gasteiger partial charge in [-0.1, -0.05) is 6.07 Å². The normalized spacial score (nSPS) is 10.2. The van der Waals surface area contributed by atoms with Crippen LogP contribution < -0.4 is 15.6 Å². The second-order valence-corrected chi connectivity index (χ2v) is 6.02. The lowest BCUT2D eigenvalue weighted by Crippen LogP contribution is -2.43. The third kappa shape index (κ3) is 4.79. The summed E-state index contributed by atoms with van der Waals surface area (Å²) in [7, 11) is 0. The van der Waals surface area contributed by atoms with E-state index < -0.39 is 17.6 Å². The first-order valence-corrected chi connectivity index (χ1v) is 7.90. The van der Waals surface area contributed by atoms with Gasteiger partial charge in [0.2, 0.25) is 0 Å². The number of hydrogen-bond acceptors (Lipinski definition) is 3. The van der Waals surface area contributed by atoms with Crippen molar-refractivity contribution in [2.24, 2.45) is 0 Å². The van der Waals surface area contributed by atoms with Crippen molar-refractivity contribution in [3.05, 3.63) is 63.4 Å². The third-order valence-corrected chi connectivity index (χ3v) is 4.00. The van der Waals surface area contributed by atoms with Crippen LogP contribution in [0.2, 0.25) is 0 Å². The first kappa shape index (κ1) is 17.9. The molecule has 0 unspecified atom stereocenters. The Bertz CT molecular complexity index is 780. The number of rotatable bonds is 4. The number of halogens is 2. The molecule has 126 valence electrons. The van der Waals surface area contributed by atoms with E-state index in [9.17, 15) is 14.0 Å². The van der Waals surface area contributed by atoms with Gasteiger partial charge >= 0.3 is 0 Å². The molecule has 0 saturated carbocycles. The number of nitrogens with one attached hydrogen (secondary N) is 2. The number of ether oxygens (including phenoxy) is 1. The van der Waals surface area contributed by atoms with E-state index in [1.807, 2.05) is 26.0 Å². The first-order valence-electron chi connectivity index (χ1n) is 7.11. The summed E-state index contributed by atoms with van der Waals surface area (Å²) in [4.78, 5) is 23.6. The fourth-order valence-electron chi connectivity index (χ4n) is 1.86. The van der Waals surface area contributed by atoms with E-state index in [2.05, 4.69) is 26.8 Å². The molecule has 0 heterocycles. The van der Waals surface area contributed by atoms with Crippen LogP contribution in [0.25, 0.3) is 0 Å². The second kappa shape index (κ2) is 7.92. The van der Waals surface area contributed by atoms with Crippen molar-refractivity contribution in [3.8, 4) is 5.75 Å². The monoisotopic (exact) mass is 394 g/mol. The van der Waals surface area contributed by atoms with Crippen molar-refractivity contribution in [1.29, 1.82) is 0 Å². The molecular formula is C17H16BrFN2O3. The minimum Gasteiger partial charge on any atom is -0.484 e. The smallest absolute Gasteiger partial charge is 0.276 e. The van der Waals surface area contributed by atoms with E-state index >= 15 is 0 Å². The molecule has 0 fully saturated rings. The van der Waals surface area contributed by atoms with Crippen LogP contribution in [-0.4, -0.2) is 18.4 Å². The molecular weight excluding hydrogens is 379 g/mol. The molecule has 2 amide bonds. The maximum absolute atomic E-state index is 13.0. The summed E-state index contributed by atoms with van der Waals surface area (Å²) in [5.74, 6) is -0.980. The highest BCUT2D eigenvalue weighted by atomic mass is 79.9. The summed E-state index contributed by atoms with van der Waals surface area (Å²) in [6.45, 7) is 3.69. The minimum absolute atomic E-state index is 0.201. The number of carbonyl (C=O) groups is 2. The van der Waals surface area contributed by atoms with Gasteiger partial charge in [0.1, 0.15) is 11.6 Å². The van der Waals surface area contributed by atoms with E-state index in [4.69, 9.17) is 4.74 Å². The van der Waals surface area contributed by atoms with Crippen LogP contribution in [0.3, 0.4) is 0 Å². The molecule has 0 aliphatic rings. The molecule has 5 nitrogen and oxygen atoms in total. The van der Waals surface area contributed by atoms with Gasteiger partial charge in [0, 0.05) is 4.47 Å². The molecule has 0 aromatic heterocycles. The van der Waals surface area contributed by atoms with Gasteiger partial charge < -0.3 is 4.74 Å². The molecule has 2 aromatic carbocycles. The Morgan fingerprint density at radius 1 is 1.08 bits per heavy atom. The van der Waals surface area contributed by atoms with Crippen LogP contribution in [0.5, 0.6) is 5.75 Å². The van der Waals surface area contributed by atoms with E-state index in [1.165, 1.54) is 12.1 Å². The standard InChI is InChI=1S/C17H16BrFN2O3/c1-10-3-5-13(7-11(10)2)24-9-16(22)20-21-17(23)14-6-4-12(19)8-15(14)18/h3-8H,9H2,1-2H3,(H,20,22)(H,21,23). The van der Waals surface area contributed by atoms with Crippen molar-refractivity contribution < 1.29 is 18.7 Å².